The first-order valence-corrected chi connectivity index (χ1v) is 7.13. The van der Waals surface area contributed by atoms with Gasteiger partial charge in [0.15, 0.2) is 0 Å². The quantitative estimate of drug-likeness (QED) is 0.730. The molecule has 0 spiro atoms. The van der Waals surface area contributed by atoms with Crippen molar-refractivity contribution in [3.8, 4) is 0 Å². The molecule has 1 aromatic carbocycles. The summed E-state index contributed by atoms with van der Waals surface area (Å²) >= 11 is 3.68. The van der Waals surface area contributed by atoms with Gasteiger partial charge >= 0.3 is 0 Å². The summed E-state index contributed by atoms with van der Waals surface area (Å²) in [5, 5.41) is 0. The lowest BCUT2D eigenvalue weighted by Crippen LogP contribution is -2.16. The van der Waals surface area contributed by atoms with Crippen LogP contribution in [-0.4, -0.2) is 4.83 Å². The lowest BCUT2D eigenvalue weighted by atomic mass is 9.95. The molecule has 0 N–H and O–H groups in total. The van der Waals surface area contributed by atoms with Crippen LogP contribution < -0.4 is 0 Å². The number of fused-ring (bicyclic) bond motifs is 1. The second-order valence-corrected chi connectivity index (χ2v) is 6.62. The smallest absolute Gasteiger partial charge is 0.129 e. The van der Waals surface area contributed by atoms with Crippen LogP contribution in [0, 0.1) is 29.4 Å². The van der Waals surface area contributed by atoms with E-state index in [-0.39, 0.29) is 0 Å². The fourth-order valence-electron chi connectivity index (χ4n) is 3.12. The maximum atomic E-state index is 13.5. The van der Waals surface area contributed by atoms with Crippen molar-refractivity contribution in [3.63, 3.8) is 0 Å². The highest BCUT2D eigenvalue weighted by atomic mass is 79.9. The molecule has 3 unspecified atom stereocenters. The predicted molar refractivity (Wildman–Crippen MR) is 67.1 cm³/mol. The van der Waals surface area contributed by atoms with Gasteiger partial charge in [0.1, 0.15) is 11.6 Å². The lowest BCUT2D eigenvalue weighted by Gasteiger charge is -2.19. The van der Waals surface area contributed by atoms with Crippen LogP contribution >= 0.6 is 15.9 Å². The zero-order valence-corrected chi connectivity index (χ0v) is 11.1. The van der Waals surface area contributed by atoms with Crippen LogP contribution in [0.1, 0.15) is 24.8 Å². The molecule has 1 aromatic rings. The maximum Gasteiger partial charge on any atom is 0.129 e. The molecule has 0 radical (unpaired) electrons. The van der Waals surface area contributed by atoms with E-state index in [0.29, 0.717) is 22.7 Å². The third-order valence-corrected chi connectivity index (χ3v) is 5.29. The van der Waals surface area contributed by atoms with Crippen LogP contribution in [0.4, 0.5) is 8.78 Å². The van der Waals surface area contributed by atoms with Crippen molar-refractivity contribution < 1.29 is 8.78 Å². The molecule has 2 aliphatic carbocycles. The molecule has 2 saturated carbocycles. The highest BCUT2D eigenvalue weighted by molar-refractivity contribution is 9.09. The molecule has 0 saturated heterocycles. The highest BCUT2D eigenvalue weighted by Crippen LogP contribution is 2.56. The minimum atomic E-state index is -0.500. The standard InChI is InChI=1S/C14H15BrF2/c15-13(11-4-9-3-10(9)5-11)6-8-1-2-12(16)7-14(8)17/h1-2,7,9-11,13H,3-6H2. The van der Waals surface area contributed by atoms with E-state index >= 15 is 0 Å². The molecule has 17 heavy (non-hydrogen) atoms. The molecule has 3 heteroatoms. The van der Waals surface area contributed by atoms with E-state index in [2.05, 4.69) is 15.9 Å². The van der Waals surface area contributed by atoms with Gasteiger partial charge in [0.2, 0.25) is 0 Å². The van der Waals surface area contributed by atoms with E-state index in [1.54, 1.807) is 6.07 Å². The Labute approximate surface area is 109 Å². The molecule has 0 bridgehead atoms. The topological polar surface area (TPSA) is 0 Å². The molecule has 0 heterocycles. The lowest BCUT2D eigenvalue weighted by molar-refractivity contribution is 0.465. The zero-order valence-electron chi connectivity index (χ0n) is 9.50. The summed E-state index contributed by atoms with van der Waals surface area (Å²) in [6.07, 6.45) is 4.63. The van der Waals surface area contributed by atoms with Crippen LogP contribution in [0.3, 0.4) is 0 Å². The monoisotopic (exact) mass is 300 g/mol. The van der Waals surface area contributed by atoms with Crippen molar-refractivity contribution in [1.82, 2.24) is 0 Å². The number of benzene rings is 1. The summed E-state index contributed by atoms with van der Waals surface area (Å²) in [5.74, 6) is 1.64. The number of rotatable bonds is 3. The average molecular weight is 301 g/mol. The van der Waals surface area contributed by atoms with Gasteiger partial charge in [0.25, 0.3) is 0 Å². The Morgan fingerprint density at radius 3 is 2.53 bits per heavy atom. The molecule has 3 rings (SSSR count). The second kappa shape index (κ2) is 4.34. The van der Waals surface area contributed by atoms with Gasteiger partial charge in [-0.25, -0.2) is 8.78 Å². The number of hydrogen-bond donors (Lipinski definition) is 0. The molecule has 0 aromatic heterocycles. The van der Waals surface area contributed by atoms with Crippen LogP contribution in [0.5, 0.6) is 0 Å². The van der Waals surface area contributed by atoms with E-state index in [1.807, 2.05) is 0 Å². The average Bonchev–Trinajstić information content (AvgIpc) is 2.89. The van der Waals surface area contributed by atoms with Gasteiger partial charge in [-0.3, -0.25) is 0 Å². The van der Waals surface area contributed by atoms with Gasteiger partial charge < -0.3 is 0 Å². The Hall–Kier alpha value is -0.440. The van der Waals surface area contributed by atoms with Gasteiger partial charge in [0.05, 0.1) is 0 Å². The van der Waals surface area contributed by atoms with Crippen LogP contribution in [0.2, 0.25) is 0 Å². The van der Waals surface area contributed by atoms with Crippen molar-refractivity contribution in [1.29, 1.82) is 0 Å². The minimum Gasteiger partial charge on any atom is -0.207 e. The number of hydrogen-bond acceptors (Lipinski definition) is 0. The van der Waals surface area contributed by atoms with E-state index < -0.39 is 11.6 Å². The first-order chi connectivity index (χ1) is 8.13. The van der Waals surface area contributed by atoms with Gasteiger partial charge in [-0.1, -0.05) is 22.0 Å². The van der Waals surface area contributed by atoms with Gasteiger partial charge in [-0.05, 0) is 55.1 Å². The van der Waals surface area contributed by atoms with E-state index in [9.17, 15) is 8.78 Å². The van der Waals surface area contributed by atoms with Crippen molar-refractivity contribution in [2.75, 3.05) is 0 Å². The fourth-order valence-corrected chi connectivity index (χ4v) is 3.90. The van der Waals surface area contributed by atoms with E-state index in [0.717, 1.165) is 17.9 Å². The molecular weight excluding hydrogens is 286 g/mol. The molecule has 0 aliphatic heterocycles. The summed E-state index contributed by atoms with van der Waals surface area (Å²) in [4.78, 5) is 0.329. The van der Waals surface area contributed by atoms with Crippen molar-refractivity contribution >= 4 is 15.9 Å². The van der Waals surface area contributed by atoms with Crippen molar-refractivity contribution in [2.24, 2.45) is 17.8 Å². The van der Waals surface area contributed by atoms with Gasteiger partial charge in [0, 0.05) is 10.9 Å². The Morgan fingerprint density at radius 1 is 1.18 bits per heavy atom. The van der Waals surface area contributed by atoms with Crippen molar-refractivity contribution in [3.05, 3.63) is 35.4 Å². The second-order valence-electron chi connectivity index (χ2n) is 5.44. The molecule has 3 atom stereocenters. The van der Waals surface area contributed by atoms with Crippen LogP contribution in [0.15, 0.2) is 18.2 Å². The normalized spacial score (nSPS) is 32.3. The Bertz CT molecular complexity index is 422. The van der Waals surface area contributed by atoms with E-state index in [4.69, 9.17) is 0 Å². The fraction of sp³-hybridized carbons (Fsp3) is 0.571. The number of halogens is 3. The SMILES string of the molecule is Fc1ccc(CC(Br)C2CC3CC3C2)c(F)c1. The largest absolute Gasteiger partial charge is 0.207 e. The van der Waals surface area contributed by atoms with Crippen LogP contribution in [0.25, 0.3) is 0 Å². The molecular formula is C14H15BrF2. The zero-order chi connectivity index (χ0) is 12.0. The van der Waals surface area contributed by atoms with E-state index in [1.165, 1.54) is 25.3 Å². The van der Waals surface area contributed by atoms with Gasteiger partial charge in [-0.2, -0.15) is 0 Å². The third-order valence-electron chi connectivity index (χ3n) is 4.22. The Morgan fingerprint density at radius 2 is 1.88 bits per heavy atom. The minimum absolute atomic E-state index is 0.329. The number of alkyl halides is 1. The third kappa shape index (κ3) is 2.40. The summed E-state index contributed by atoms with van der Waals surface area (Å²) in [6.45, 7) is 0. The summed E-state index contributed by atoms with van der Waals surface area (Å²) in [5.41, 5.74) is 0.619. The maximum absolute atomic E-state index is 13.5. The summed E-state index contributed by atoms with van der Waals surface area (Å²) in [6, 6.07) is 3.88. The predicted octanol–water partition coefficient (Wildman–Crippen LogP) is 4.32. The molecule has 92 valence electrons. The first-order valence-electron chi connectivity index (χ1n) is 6.21. The van der Waals surface area contributed by atoms with Crippen molar-refractivity contribution in [2.45, 2.75) is 30.5 Å². The summed E-state index contributed by atoms with van der Waals surface area (Å²) < 4.78 is 26.3. The molecule has 0 nitrogen and oxygen atoms in total. The Kier molecular flexibility index (Phi) is 2.97. The molecule has 2 fully saturated rings. The van der Waals surface area contributed by atoms with Crippen LogP contribution in [-0.2, 0) is 6.42 Å². The summed E-state index contributed by atoms with van der Waals surface area (Å²) in [7, 11) is 0. The van der Waals surface area contributed by atoms with Gasteiger partial charge in [-0.15, -0.1) is 0 Å². The highest BCUT2D eigenvalue weighted by Gasteiger charge is 2.47. The first kappa shape index (κ1) is 11.6. The molecule has 2 aliphatic rings. The Balaban J connectivity index is 1.65. The molecule has 0 amide bonds.